The molecular formula is C7H6N2O2. The van der Waals surface area contributed by atoms with Crippen molar-refractivity contribution in [2.45, 2.75) is 6.92 Å². The number of oxazole rings is 1. The molecule has 0 atom stereocenters. The van der Waals surface area contributed by atoms with Gasteiger partial charge < -0.3 is 8.94 Å². The highest BCUT2D eigenvalue weighted by Crippen LogP contribution is 2.14. The first-order chi connectivity index (χ1) is 5.36. The summed E-state index contributed by atoms with van der Waals surface area (Å²) in [6.45, 7) is 1.78. The molecule has 0 saturated heterocycles. The van der Waals surface area contributed by atoms with Crippen LogP contribution in [0.2, 0.25) is 0 Å². The molecule has 0 fully saturated rings. The Morgan fingerprint density at radius 1 is 1.36 bits per heavy atom. The van der Waals surface area contributed by atoms with Crippen molar-refractivity contribution in [1.82, 2.24) is 10.1 Å². The molecule has 56 valence electrons. The van der Waals surface area contributed by atoms with Crippen LogP contribution in [0.4, 0.5) is 0 Å². The first-order valence-corrected chi connectivity index (χ1v) is 3.19. The van der Waals surface area contributed by atoms with E-state index in [1.807, 2.05) is 0 Å². The molecule has 0 aliphatic rings. The Balaban J connectivity index is 2.45. The van der Waals surface area contributed by atoms with Crippen molar-refractivity contribution in [3.8, 4) is 11.4 Å². The fourth-order valence-corrected chi connectivity index (χ4v) is 0.826. The summed E-state index contributed by atoms with van der Waals surface area (Å²) in [6, 6.07) is 1.73. The second kappa shape index (κ2) is 2.23. The van der Waals surface area contributed by atoms with Gasteiger partial charge in [0.1, 0.15) is 23.9 Å². The Morgan fingerprint density at radius 2 is 2.27 bits per heavy atom. The molecule has 2 aromatic rings. The fraction of sp³-hybridized carbons (Fsp3) is 0.143. The zero-order valence-electron chi connectivity index (χ0n) is 5.94. The van der Waals surface area contributed by atoms with Gasteiger partial charge in [-0.15, -0.1) is 0 Å². The van der Waals surface area contributed by atoms with E-state index in [2.05, 4.69) is 14.7 Å². The van der Waals surface area contributed by atoms with Gasteiger partial charge in [-0.2, -0.15) is 0 Å². The van der Waals surface area contributed by atoms with Crippen molar-refractivity contribution in [3.63, 3.8) is 0 Å². The summed E-state index contributed by atoms with van der Waals surface area (Å²) >= 11 is 0. The van der Waals surface area contributed by atoms with E-state index in [1.54, 1.807) is 19.3 Å². The van der Waals surface area contributed by atoms with E-state index in [1.165, 1.54) is 6.26 Å². The summed E-state index contributed by atoms with van der Waals surface area (Å²) in [5, 5.41) is 3.70. The molecule has 0 aliphatic carbocycles. The lowest BCUT2D eigenvalue weighted by atomic mass is 10.3. The summed E-state index contributed by atoms with van der Waals surface area (Å²) in [4.78, 5) is 4.06. The van der Waals surface area contributed by atoms with Gasteiger partial charge in [-0.3, -0.25) is 0 Å². The number of aryl methyl sites for hydroxylation is 1. The molecular weight excluding hydrogens is 144 g/mol. The third kappa shape index (κ3) is 1.02. The third-order valence-corrected chi connectivity index (χ3v) is 1.32. The van der Waals surface area contributed by atoms with Crippen molar-refractivity contribution in [3.05, 3.63) is 24.5 Å². The molecule has 0 bridgehead atoms. The second-order valence-corrected chi connectivity index (χ2v) is 2.14. The van der Waals surface area contributed by atoms with Gasteiger partial charge >= 0.3 is 0 Å². The van der Waals surface area contributed by atoms with Crippen LogP contribution in [0.15, 0.2) is 27.5 Å². The smallest absolute Gasteiger partial charge is 0.191 e. The van der Waals surface area contributed by atoms with Crippen LogP contribution >= 0.6 is 0 Å². The van der Waals surface area contributed by atoms with Gasteiger partial charge in [-0.25, -0.2) is 4.98 Å². The maximum Gasteiger partial charge on any atom is 0.191 e. The average molecular weight is 150 g/mol. The van der Waals surface area contributed by atoms with Gasteiger partial charge in [0, 0.05) is 13.0 Å². The van der Waals surface area contributed by atoms with E-state index < -0.39 is 0 Å². The normalized spacial score (nSPS) is 10.3. The molecule has 0 amide bonds. The lowest BCUT2D eigenvalue weighted by Crippen LogP contribution is -1.75. The van der Waals surface area contributed by atoms with Crippen LogP contribution in [-0.4, -0.2) is 10.1 Å². The number of nitrogens with zero attached hydrogens (tertiary/aromatic N) is 2. The molecule has 0 spiro atoms. The van der Waals surface area contributed by atoms with Gasteiger partial charge in [-0.05, 0) is 0 Å². The molecule has 4 heteroatoms. The first kappa shape index (κ1) is 6.15. The predicted molar refractivity (Wildman–Crippen MR) is 36.7 cm³/mol. The quantitative estimate of drug-likeness (QED) is 0.620. The molecule has 0 aromatic carbocycles. The van der Waals surface area contributed by atoms with E-state index in [0.717, 1.165) is 0 Å². The maximum atomic E-state index is 5.00. The van der Waals surface area contributed by atoms with Gasteiger partial charge in [-0.1, -0.05) is 5.16 Å². The summed E-state index contributed by atoms with van der Waals surface area (Å²) in [5.74, 6) is 0.628. The summed E-state index contributed by atoms with van der Waals surface area (Å²) < 4.78 is 9.64. The third-order valence-electron chi connectivity index (χ3n) is 1.32. The fourth-order valence-electron chi connectivity index (χ4n) is 0.826. The largest absolute Gasteiger partial charge is 0.449 e. The van der Waals surface area contributed by atoms with Crippen molar-refractivity contribution >= 4 is 0 Å². The summed E-state index contributed by atoms with van der Waals surface area (Å²) in [6.07, 6.45) is 3.05. The number of rotatable bonds is 1. The molecule has 11 heavy (non-hydrogen) atoms. The van der Waals surface area contributed by atoms with Crippen molar-refractivity contribution in [1.29, 1.82) is 0 Å². The zero-order valence-corrected chi connectivity index (χ0v) is 5.94. The van der Waals surface area contributed by atoms with Crippen LogP contribution in [-0.2, 0) is 0 Å². The van der Waals surface area contributed by atoms with Crippen LogP contribution in [0.1, 0.15) is 5.89 Å². The van der Waals surface area contributed by atoms with E-state index in [9.17, 15) is 0 Å². The molecule has 2 aromatic heterocycles. The Morgan fingerprint density at radius 3 is 2.82 bits per heavy atom. The maximum absolute atomic E-state index is 5.00. The topological polar surface area (TPSA) is 52.1 Å². The van der Waals surface area contributed by atoms with Crippen LogP contribution < -0.4 is 0 Å². The minimum atomic E-state index is 0.628. The van der Waals surface area contributed by atoms with E-state index in [0.29, 0.717) is 17.3 Å². The minimum absolute atomic E-state index is 0.628. The first-order valence-electron chi connectivity index (χ1n) is 3.19. The summed E-state index contributed by atoms with van der Waals surface area (Å²) in [5.41, 5.74) is 1.40. The Hall–Kier alpha value is -1.58. The highest BCUT2D eigenvalue weighted by atomic mass is 16.5. The number of hydrogen-bond donors (Lipinski definition) is 0. The van der Waals surface area contributed by atoms with E-state index >= 15 is 0 Å². The zero-order chi connectivity index (χ0) is 7.68. The van der Waals surface area contributed by atoms with Crippen LogP contribution in [0.3, 0.4) is 0 Å². The van der Waals surface area contributed by atoms with Crippen LogP contribution in [0.5, 0.6) is 0 Å². The molecule has 0 N–H and O–H groups in total. The molecule has 2 heterocycles. The monoisotopic (exact) mass is 150 g/mol. The molecule has 0 unspecified atom stereocenters. The molecule has 0 aliphatic heterocycles. The lowest BCUT2D eigenvalue weighted by Gasteiger charge is -1.79. The standard InChI is InChI=1S/C7H6N2O2/c1-5-8-7(4-10-5)6-2-3-11-9-6/h2-4H,1H3. The van der Waals surface area contributed by atoms with Crippen LogP contribution in [0.25, 0.3) is 11.4 Å². The molecule has 0 saturated carbocycles. The highest BCUT2D eigenvalue weighted by molar-refractivity contribution is 5.50. The Labute approximate surface area is 62.8 Å². The lowest BCUT2D eigenvalue weighted by molar-refractivity contribution is 0.422. The SMILES string of the molecule is Cc1nc(-c2ccon2)co1. The van der Waals surface area contributed by atoms with Crippen molar-refractivity contribution in [2.75, 3.05) is 0 Å². The molecule has 4 nitrogen and oxygen atoms in total. The van der Waals surface area contributed by atoms with Crippen molar-refractivity contribution in [2.24, 2.45) is 0 Å². The van der Waals surface area contributed by atoms with Gasteiger partial charge in [0.25, 0.3) is 0 Å². The average Bonchev–Trinajstić information content (AvgIpc) is 2.55. The Bertz CT molecular complexity index is 337. The van der Waals surface area contributed by atoms with Crippen molar-refractivity contribution < 1.29 is 8.94 Å². The summed E-state index contributed by atoms with van der Waals surface area (Å²) in [7, 11) is 0. The second-order valence-electron chi connectivity index (χ2n) is 2.14. The molecule has 2 rings (SSSR count). The van der Waals surface area contributed by atoms with E-state index in [4.69, 9.17) is 4.42 Å². The number of aromatic nitrogens is 2. The number of hydrogen-bond acceptors (Lipinski definition) is 4. The predicted octanol–water partition coefficient (Wildman–Crippen LogP) is 1.64. The van der Waals surface area contributed by atoms with Gasteiger partial charge in [0.15, 0.2) is 5.89 Å². The van der Waals surface area contributed by atoms with Crippen LogP contribution in [0, 0.1) is 6.92 Å². The van der Waals surface area contributed by atoms with Gasteiger partial charge in [0.2, 0.25) is 0 Å². The minimum Gasteiger partial charge on any atom is -0.449 e. The van der Waals surface area contributed by atoms with Gasteiger partial charge in [0.05, 0.1) is 0 Å². The highest BCUT2D eigenvalue weighted by Gasteiger charge is 2.04. The Kier molecular flexibility index (Phi) is 1.25. The van der Waals surface area contributed by atoms with E-state index in [-0.39, 0.29) is 0 Å². The molecule has 0 radical (unpaired) electrons.